The fourth-order valence-electron chi connectivity index (χ4n) is 3.49. The van der Waals surface area contributed by atoms with Crippen LogP contribution in [0.5, 0.6) is 5.75 Å². The highest BCUT2D eigenvalue weighted by Crippen LogP contribution is 2.27. The second-order valence-corrected chi connectivity index (χ2v) is 7.52. The van der Waals surface area contributed by atoms with E-state index in [-0.39, 0.29) is 0 Å². The molecule has 0 bridgehead atoms. The molecule has 10 nitrogen and oxygen atoms in total. The van der Waals surface area contributed by atoms with Gasteiger partial charge in [-0.25, -0.2) is 4.98 Å². The van der Waals surface area contributed by atoms with Crippen LogP contribution in [0, 0.1) is 0 Å². The first-order valence-electron chi connectivity index (χ1n) is 10.6. The number of H-pyrrole nitrogens is 1. The molecule has 0 spiro atoms. The monoisotopic (exact) mass is 463 g/mol. The Morgan fingerprint density at radius 2 is 1.43 bits per heavy atom. The van der Waals surface area contributed by atoms with Crippen LogP contribution < -0.4 is 4.74 Å². The number of rotatable bonds is 6. The van der Waals surface area contributed by atoms with Crippen molar-refractivity contribution < 1.29 is 13.7 Å². The van der Waals surface area contributed by atoms with Crippen LogP contribution in [0.1, 0.15) is 0 Å². The molecule has 35 heavy (non-hydrogen) atoms. The summed E-state index contributed by atoms with van der Waals surface area (Å²) < 4.78 is 16.4. The lowest BCUT2D eigenvalue weighted by Crippen LogP contribution is -1.85. The van der Waals surface area contributed by atoms with Crippen LogP contribution in [-0.4, -0.2) is 42.4 Å². The summed E-state index contributed by atoms with van der Waals surface area (Å²) in [5, 5.41) is 12.3. The van der Waals surface area contributed by atoms with Crippen LogP contribution in [-0.2, 0) is 0 Å². The number of methoxy groups -OCH3 is 1. The summed E-state index contributed by atoms with van der Waals surface area (Å²) >= 11 is 0. The van der Waals surface area contributed by atoms with Crippen LogP contribution in [0.15, 0.2) is 88.2 Å². The lowest BCUT2D eigenvalue weighted by molar-refractivity contribution is 0.414. The average Bonchev–Trinajstić information content (AvgIpc) is 3.70. The predicted octanol–water partition coefficient (Wildman–Crippen LogP) is 4.91. The third-order valence-electron chi connectivity index (χ3n) is 5.34. The smallest absolute Gasteiger partial charge is 0.266 e. The maximum absolute atomic E-state index is 5.78. The highest BCUT2D eigenvalue weighted by Gasteiger charge is 2.15. The molecule has 6 aromatic rings. The Hall–Kier alpha value is -5.12. The average molecular weight is 463 g/mol. The lowest BCUT2D eigenvalue weighted by Gasteiger charge is -1.99. The molecule has 4 aromatic heterocycles. The fraction of sp³-hybridized carbons (Fsp3) is 0.0400. The van der Waals surface area contributed by atoms with Crippen molar-refractivity contribution in [2.24, 2.45) is 0 Å². The molecular weight excluding hydrogens is 446 g/mol. The molecule has 1 N–H and O–H groups in total. The van der Waals surface area contributed by atoms with Gasteiger partial charge in [0.05, 0.1) is 13.3 Å². The van der Waals surface area contributed by atoms with Crippen molar-refractivity contribution in [3.8, 4) is 63.0 Å². The van der Waals surface area contributed by atoms with E-state index in [2.05, 4.69) is 35.3 Å². The second-order valence-electron chi connectivity index (χ2n) is 7.52. The van der Waals surface area contributed by atoms with E-state index >= 15 is 0 Å². The number of nitrogens with zero attached hydrogens (tertiary/aromatic N) is 6. The summed E-state index contributed by atoms with van der Waals surface area (Å²) in [7, 11) is 1.62. The van der Waals surface area contributed by atoms with E-state index in [9.17, 15) is 0 Å². The maximum atomic E-state index is 5.78. The Bertz CT molecular complexity index is 1570. The summed E-state index contributed by atoms with van der Waals surface area (Å²) in [5.41, 5.74) is 3.94. The third-order valence-corrected chi connectivity index (χ3v) is 5.34. The third kappa shape index (κ3) is 4.04. The standard InChI is InChI=1S/C25H17N7O3/c1-33-19-8-6-17(7-9-19)23-29-22(32-35-23)16-4-2-15(3-5-16)21-27-14-20(28-21)25-31-30-24(34-25)18-10-12-26-13-11-18/h2-14H,1H3,(H,27,28). The molecule has 0 fully saturated rings. The van der Waals surface area contributed by atoms with Gasteiger partial charge in [-0.2, -0.15) is 4.98 Å². The summed E-state index contributed by atoms with van der Waals surface area (Å²) in [6.07, 6.45) is 5.00. The Morgan fingerprint density at radius 1 is 0.743 bits per heavy atom. The van der Waals surface area contributed by atoms with E-state index in [0.29, 0.717) is 35.0 Å². The molecule has 4 heterocycles. The first kappa shape index (κ1) is 20.5. The van der Waals surface area contributed by atoms with Gasteiger partial charge in [0, 0.05) is 34.6 Å². The molecule has 0 radical (unpaired) electrons. The molecule has 0 aliphatic rings. The van der Waals surface area contributed by atoms with Crippen LogP contribution >= 0.6 is 0 Å². The van der Waals surface area contributed by atoms with Gasteiger partial charge in [-0.3, -0.25) is 4.98 Å². The number of aromatic nitrogens is 7. The molecule has 0 aliphatic heterocycles. The molecule has 10 heteroatoms. The summed E-state index contributed by atoms with van der Waals surface area (Å²) in [6.45, 7) is 0. The molecule has 6 rings (SSSR count). The molecule has 0 atom stereocenters. The largest absolute Gasteiger partial charge is 0.497 e. The van der Waals surface area contributed by atoms with Crippen LogP contribution in [0.4, 0.5) is 0 Å². The molecule has 0 aliphatic carbocycles. The van der Waals surface area contributed by atoms with Crippen molar-refractivity contribution in [3.05, 3.63) is 79.3 Å². The van der Waals surface area contributed by atoms with Gasteiger partial charge in [-0.1, -0.05) is 29.4 Å². The summed E-state index contributed by atoms with van der Waals surface area (Å²) in [6, 6.07) is 18.7. The minimum Gasteiger partial charge on any atom is -0.497 e. The van der Waals surface area contributed by atoms with Crippen LogP contribution in [0.2, 0.25) is 0 Å². The zero-order valence-electron chi connectivity index (χ0n) is 18.4. The van der Waals surface area contributed by atoms with Gasteiger partial charge in [0.2, 0.25) is 11.7 Å². The van der Waals surface area contributed by atoms with E-state index in [1.165, 1.54) is 0 Å². The zero-order chi connectivity index (χ0) is 23.6. The highest BCUT2D eigenvalue weighted by atomic mass is 16.5. The normalized spacial score (nSPS) is 11.0. The van der Waals surface area contributed by atoms with Gasteiger partial charge in [0.15, 0.2) is 0 Å². The van der Waals surface area contributed by atoms with Crippen molar-refractivity contribution in [2.75, 3.05) is 7.11 Å². The minimum atomic E-state index is 0.352. The van der Waals surface area contributed by atoms with Gasteiger partial charge in [0.25, 0.3) is 11.8 Å². The van der Waals surface area contributed by atoms with Gasteiger partial charge in [0.1, 0.15) is 17.3 Å². The second kappa shape index (κ2) is 8.67. The number of aromatic amines is 1. The first-order chi connectivity index (χ1) is 17.3. The van der Waals surface area contributed by atoms with Gasteiger partial charge < -0.3 is 18.7 Å². The fourth-order valence-corrected chi connectivity index (χ4v) is 3.49. The topological polar surface area (TPSA) is 129 Å². The minimum absolute atomic E-state index is 0.352. The van der Waals surface area contributed by atoms with E-state index in [1.54, 1.807) is 37.8 Å². The number of benzene rings is 2. The molecule has 0 unspecified atom stereocenters. The molecule has 2 aromatic carbocycles. The zero-order valence-corrected chi connectivity index (χ0v) is 18.4. The molecule has 0 saturated carbocycles. The van der Waals surface area contributed by atoms with E-state index < -0.39 is 0 Å². The number of hydrogen-bond donors (Lipinski definition) is 1. The molecule has 0 amide bonds. The Balaban J connectivity index is 1.20. The van der Waals surface area contributed by atoms with Crippen LogP contribution in [0.25, 0.3) is 57.3 Å². The Kier molecular flexibility index (Phi) is 5.08. The quantitative estimate of drug-likeness (QED) is 0.366. The van der Waals surface area contributed by atoms with E-state index in [0.717, 1.165) is 28.0 Å². The number of ether oxygens (including phenoxy) is 1. The van der Waals surface area contributed by atoms with Crippen LogP contribution in [0.3, 0.4) is 0 Å². The Morgan fingerprint density at radius 3 is 2.20 bits per heavy atom. The van der Waals surface area contributed by atoms with Gasteiger partial charge in [-0.05, 0) is 36.4 Å². The SMILES string of the molecule is COc1ccc(-c2nc(-c3ccc(-c4ncc(-c5nnc(-c6ccncc6)o5)[nH]4)cc3)no2)cc1. The first-order valence-corrected chi connectivity index (χ1v) is 10.6. The number of imidazole rings is 1. The van der Waals surface area contributed by atoms with Crippen molar-refractivity contribution >= 4 is 0 Å². The Labute approximate surface area is 198 Å². The molecule has 0 saturated heterocycles. The summed E-state index contributed by atoms with van der Waals surface area (Å²) in [5.74, 6) is 3.13. The van der Waals surface area contributed by atoms with Crippen molar-refractivity contribution in [2.45, 2.75) is 0 Å². The summed E-state index contributed by atoms with van der Waals surface area (Å²) in [4.78, 5) is 16.2. The highest BCUT2D eigenvalue weighted by molar-refractivity contribution is 5.66. The van der Waals surface area contributed by atoms with E-state index in [4.69, 9.17) is 13.7 Å². The van der Waals surface area contributed by atoms with Gasteiger partial charge >= 0.3 is 0 Å². The van der Waals surface area contributed by atoms with E-state index in [1.807, 2.05) is 48.5 Å². The van der Waals surface area contributed by atoms with Crippen molar-refractivity contribution in [3.63, 3.8) is 0 Å². The molecular formula is C25H17N7O3. The van der Waals surface area contributed by atoms with Crippen molar-refractivity contribution in [1.29, 1.82) is 0 Å². The molecule has 170 valence electrons. The number of nitrogens with one attached hydrogen (secondary N) is 1. The predicted molar refractivity (Wildman–Crippen MR) is 126 cm³/mol. The lowest BCUT2D eigenvalue weighted by atomic mass is 10.1. The van der Waals surface area contributed by atoms with Crippen molar-refractivity contribution in [1.82, 2.24) is 35.3 Å². The number of hydrogen-bond acceptors (Lipinski definition) is 9. The number of pyridine rings is 1. The van der Waals surface area contributed by atoms with Gasteiger partial charge in [-0.15, -0.1) is 10.2 Å². The maximum Gasteiger partial charge on any atom is 0.266 e.